The summed E-state index contributed by atoms with van der Waals surface area (Å²) < 4.78 is 5.83. The molecule has 1 fully saturated rings. The number of benzene rings is 1. The Hall–Kier alpha value is -1.22. The Morgan fingerprint density at radius 2 is 2.15 bits per heavy atom. The van der Waals surface area contributed by atoms with Crippen molar-refractivity contribution in [1.82, 2.24) is 5.32 Å². The maximum absolute atomic E-state index is 5.83. The third-order valence-electron chi connectivity index (χ3n) is 4.07. The number of nitrogens with zero attached hydrogens (tertiary/aromatic N) is 1. The molecule has 0 saturated heterocycles. The van der Waals surface area contributed by atoms with E-state index in [2.05, 4.69) is 29.3 Å². The maximum Gasteiger partial charge on any atom is 0.121 e. The molecule has 20 heavy (non-hydrogen) atoms. The summed E-state index contributed by atoms with van der Waals surface area (Å²) >= 11 is 0. The van der Waals surface area contributed by atoms with Gasteiger partial charge in [-0.25, -0.2) is 0 Å². The molecule has 0 spiro atoms. The molecule has 2 rings (SSSR count). The first-order chi connectivity index (χ1) is 9.65. The molecule has 0 aromatic heterocycles. The number of hydrogen-bond acceptors (Lipinski definition) is 3. The standard InChI is InChI=1S/C17H28N2O/c1-14-6-4-7-15(12-14)18-10-11-20-17-9-5-8-16(13-17)19(2)3/h5,8-9,13-15,18H,4,6-7,10-12H2,1-3H3. The molecular formula is C17H28N2O. The molecule has 3 heteroatoms. The van der Waals surface area contributed by atoms with E-state index in [4.69, 9.17) is 4.74 Å². The van der Waals surface area contributed by atoms with Crippen molar-refractivity contribution in [3.8, 4) is 5.75 Å². The SMILES string of the molecule is CC1CCCC(NCCOc2cccc(N(C)C)c2)C1. The Bertz CT molecular complexity index is 406. The second kappa shape index (κ2) is 7.53. The van der Waals surface area contributed by atoms with Crippen LogP contribution >= 0.6 is 0 Å². The maximum atomic E-state index is 5.83. The van der Waals surface area contributed by atoms with Crippen LogP contribution < -0.4 is 15.0 Å². The number of nitrogens with one attached hydrogen (secondary N) is 1. The number of hydrogen-bond donors (Lipinski definition) is 1. The molecule has 0 heterocycles. The van der Waals surface area contributed by atoms with Gasteiger partial charge in [0.15, 0.2) is 0 Å². The summed E-state index contributed by atoms with van der Waals surface area (Å²) in [5.41, 5.74) is 1.18. The molecule has 1 N–H and O–H groups in total. The zero-order chi connectivity index (χ0) is 14.4. The van der Waals surface area contributed by atoms with Gasteiger partial charge < -0.3 is 15.0 Å². The van der Waals surface area contributed by atoms with E-state index in [1.165, 1.54) is 31.4 Å². The molecule has 0 radical (unpaired) electrons. The van der Waals surface area contributed by atoms with Crippen LogP contribution in [-0.4, -0.2) is 33.3 Å². The molecule has 2 atom stereocenters. The smallest absolute Gasteiger partial charge is 0.121 e. The van der Waals surface area contributed by atoms with Gasteiger partial charge in [-0.2, -0.15) is 0 Å². The molecule has 1 aliphatic carbocycles. The largest absolute Gasteiger partial charge is 0.492 e. The van der Waals surface area contributed by atoms with Crippen molar-refractivity contribution < 1.29 is 4.74 Å². The Morgan fingerprint density at radius 1 is 1.30 bits per heavy atom. The monoisotopic (exact) mass is 276 g/mol. The summed E-state index contributed by atoms with van der Waals surface area (Å²) in [6, 6.07) is 8.93. The third-order valence-corrected chi connectivity index (χ3v) is 4.07. The molecule has 2 unspecified atom stereocenters. The van der Waals surface area contributed by atoms with Crippen LogP contribution in [0.4, 0.5) is 5.69 Å². The van der Waals surface area contributed by atoms with Crippen LogP contribution in [0.5, 0.6) is 5.75 Å². The zero-order valence-corrected chi connectivity index (χ0v) is 13.1. The van der Waals surface area contributed by atoms with Crippen molar-refractivity contribution >= 4 is 5.69 Å². The van der Waals surface area contributed by atoms with Crippen molar-refractivity contribution in [2.45, 2.75) is 38.6 Å². The van der Waals surface area contributed by atoms with Crippen LogP contribution in [0.3, 0.4) is 0 Å². The highest BCUT2D eigenvalue weighted by Gasteiger charge is 2.17. The van der Waals surface area contributed by atoms with Crippen molar-refractivity contribution in [2.75, 3.05) is 32.1 Å². The minimum absolute atomic E-state index is 0.690. The first-order valence-corrected chi connectivity index (χ1v) is 7.78. The number of anilines is 1. The molecule has 0 bridgehead atoms. The van der Waals surface area contributed by atoms with Crippen molar-refractivity contribution in [1.29, 1.82) is 0 Å². The van der Waals surface area contributed by atoms with Gasteiger partial charge in [0, 0.05) is 38.4 Å². The van der Waals surface area contributed by atoms with Crippen molar-refractivity contribution in [3.63, 3.8) is 0 Å². The second-order valence-corrected chi connectivity index (χ2v) is 6.16. The topological polar surface area (TPSA) is 24.5 Å². The van der Waals surface area contributed by atoms with Crippen molar-refractivity contribution in [3.05, 3.63) is 24.3 Å². The van der Waals surface area contributed by atoms with Gasteiger partial charge in [0.05, 0.1) is 0 Å². The summed E-state index contributed by atoms with van der Waals surface area (Å²) in [7, 11) is 4.09. The minimum Gasteiger partial charge on any atom is -0.492 e. The summed E-state index contributed by atoms with van der Waals surface area (Å²) in [6.45, 7) is 4.03. The van der Waals surface area contributed by atoms with E-state index in [1.807, 2.05) is 26.2 Å². The first kappa shape index (κ1) is 15.2. The van der Waals surface area contributed by atoms with E-state index in [1.54, 1.807) is 0 Å². The summed E-state index contributed by atoms with van der Waals surface area (Å²) in [4.78, 5) is 2.09. The molecule has 1 aliphatic rings. The molecule has 112 valence electrons. The highest BCUT2D eigenvalue weighted by atomic mass is 16.5. The van der Waals surface area contributed by atoms with Gasteiger partial charge in [-0.3, -0.25) is 0 Å². The van der Waals surface area contributed by atoms with Gasteiger partial charge in [0.1, 0.15) is 12.4 Å². The highest BCUT2D eigenvalue weighted by molar-refractivity contribution is 5.49. The summed E-state index contributed by atoms with van der Waals surface area (Å²) in [6.07, 6.45) is 5.40. The Balaban J connectivity index is 1.69. The normalized spacial score (nSPS) is 22.6. The Morgan fingerprint density at radius 3 is 2.90 bits per heavy atom. The van der Waals surface area contributed by atoms with E-state index in [-0.39, 0.29) is 0 Å². The van der Waals surface area contributed by atoms with E-state index in [9.17, 15) is 0 Å². The fourth-order valence-electron chi connectivity index (χ4n) is 2.90. The molecular weight excluding hydrogens is 248 g/mol. The number of ether oxygens (including phenoxy) is 1. The van der Waals surface area contributed by atoms with Crippen LogP contribution in [0, 0.1) is 5.92 Å². The lowest BCUT2D eigenvalue weighted by molar-refractivity contribution is 0.266. The van der Waals surface area contributed by atoms with Gasteiger partial charge in [-0.15, -0.1) is 0 Å². The predicted octanol–water partition coefficient (Wildman–Crippen LogP) is 3.30. The van der Waals surface area contributed by atoms with E-state index >= 15 is 0 Å². The highest BCUT2D eigenvalue weighted by Crippen LogP contribution is 2.23. The zero-order valence-electron chi connectivity index (χ0n) is 13.1. The lowest BCUT2D eigenvalue weighted by Crippen LogP contribution is -2.36. The molecule has 3 nitrogen and oxygen atoms in total. The summed E-state index contributed by atoms with van der Waals surface area (Å²) in [5.74, 6) is 1.83. The van der Waals surface area contributed by atoms with Crippen LogP contribution in [0.15, 0.2) is 24.3 Å². The van der Waals surface area contributed by atoms with Gasteiger partial charge in [0.2, 0.25) is 0 Å². The van der Waals surface area contributed by atoms with Crippen LogP contribution in [0.25, 0.3) is 0 Å². The lowest BCUT2D eigenvalue weighted by atomic mass is 9.87. The van der Waals surface area contributed by atoms with Crippen molar-refractivity contribution in [2.24, 2.45) is 5.92 Å². The van der Waals surface area contributed by atoms with E-state index < -0.39 is 0 Å². The second-order valence-electron chi connectivity index (χ2n) is 6.16. The Labute approximate surface area is 123 Å². The average molecular weight is 276 g/mol. The molecule has 1 aromatic rings. The Kier molecular flexibility index (Phi) is 5.72. The van der Waals surface area contributed by atoms with E-state index in [0.29, 0.717) is 6.04 Å². The summed E-state index contributed by atoms with van der Waals surface area (Å²) in [5, 5.41) is 3.62. The molecule has 1 aromatic carbocycles. The molecule has 0 aliphatic heterocycles. The fourth-order valence-corrected chi connectivity index (χ4v) is 2.90. The lowest BCUT2D eigenvalue weighted by Gasteiger charge is -2.27. The van der Waals surface area contributed by atoms with Gasteiger partial charge in [-0.1, -0.05) is 25.8 Å². The molecule has 0 amide bonds. The minimum atomic E-state index is 0.690. The number of rotatable bonds is 6. The van der Waals surface area contributed by atoms with Gasteiger partial charge >= 0.3 is 0 Å². The predicted molar refractivity (Wildman–Crippen MR) is 85.7 cm³/mol. The quantitative estimate of drug-likeness (QED) is 0.807. The van der Waals surface area contributed by atoms with Crippen LogP contribution in [0.2, 0.25) is 0 Å². The molecule has 1 saturated carbocycles. The third kappa shape index (κ3) is 4.71. The fraction of sp³-hybridized carbons (Fsp3) is 0.647. The van der Waals surface area contributed by atoms with Crippen LogP contribution in [0.1, 0.15) is 32.6 Å². The van der Waals surface area contributed by atoms with Gasteiger partial charge in [-0.05, 0) is 30.9 Å². The van der Waals surface area contributed by atoms with E-state index in [0.717, 1.165) is 24.8 Å². The first-order valence-electron chi connectivity index (χ1n) is 7.78. The van der Waals surface area contributed by atoms with Gasteiger partial charge in [0.25, 0.3) is 0 Å². The average Bonchev–Trinajstić information content (AvgIpc) is 2.44. The van der Waals surface area contributed by atoms with Crippen LogP contribution in [-0.2, 0) is 0 Å².